The number of hydrogen-bond donors (Lipinski definition) is 1. The highest BCUT2D eigenvalue weighted by Crippen LogP contribution is 2.38. The van der Waals surface area contributed by atoms with Gasteiger partial charge in [-0.3, -0.25) is 9.59 Å². The Kier molecular flexibility index (Phi) is 6.72. The summed E-state index contributed by atoms with van der Waals surface area (Å²) < 4.78 is 0. The predicted molar refractivity (Wildman–Crippen MR) is 114 cm³/mol. The van der Waals surface area contributed by atoms with Crippen LogP contribution in [0.1, 0.15) is 23.6 Å². The number of benzene rings is 2. The lowest BCUT2D eigenvalue weighted by Gasteiger charge is -2.28. The number of aliphatic hydroxyl groups is 1. The van der Waals surface area contributed by atoms with Crippen molar-refractivity contribution >= 4 is 23.3 Å². The molecule has 0 spiro atoms. The van der Waals surface area contributed by atoms with Gasteiger partial charge in [0, 0.05) is 24.5 Å². The number of carbonyl (C=O) groups excluding carboxylic acids is 2. The maximum atomic E-state index is 13.1. The molecule has 1 heterocycles. The molecule has 29 heavy (non-hydrogen) atoms. The average Bonchev–Trinajstić information content (AvgIpc) is 2.96. The highest BCUT2D eigenvalue weighted by Gasteiger charge is 2.42. The zero-order valence-corrected chi connectivity index (χ0v) is 17.4. The molecule has 0 fully saturated rings. The van der Waals surface area contributed by atoms with Gasteiger partial charge in [-0.25, -0.2) is 0 Å². The van der Waals surface area contributed by atoms with Gasteiger partial charge in [0.05, 0.1) is 11.6 Å². The lowest BCUT2D eigenvalue weighted by molar-refractivity contribution is -0.129. The Labute approximate surface area is 176 Å². The van der Waals surface area contributed by atoms with Crippen molar-refractivity contribution < 1.29 is 14.7 Å². The van der Waals surface area contributed by atoms with Gasteiger partial charge in [0.25, 0.3) is 5.91 Å². The number of likely N-dealkylation sites (N-methyl/N-ethyl adjacent to an activating group) is 1. The molecule has 0 aliphatic carbocycles. The fraction of sp³-hybridized carbons (Fsp3) is 0.304. The molecule has 0 aromatic heterocycles. The van der Waals surface area contributed by atoms with Crippen LogP contribution in [0.15, 0.2) is 65.9 Å². The third-order valence-corrected chi connectivity index (χ3v) is 5.31. The molecular formula is C23H25ClN2O3. The van der Waals surface area contributed by atoms with Gasteiger partial charge in [0.2, 0.25) is 0 Å². The maximum absolute atomic E-state index is 13.1. The molecule has 6 heteroatoms. The number of ketones is 1. The largest absolute Gasteiger partial charge is 0.503 e. The average molecular weight is 413 g/mol. The van der Waals surface area contributed by atoms with Gasteiger partial charge in [-0.2, -0.15) is 0 Å². The molecule has 0 radical (unpaired) electrons. The van der Waals surface area contributed by atoms with E-state index in [9.17, 15) is 14.7 Å². The van der Waals surface area contributed by atoms with Gasteiger partial charge in [0.15, 0.2) is 11.5 Å². The Hall–Kier alpha value is -2.63. The summed E-state index contributed by atoms with van der Waals surface area (Å²) in [7, 11) is 3.83. The normalized spacial score (nSPS) is 16.8. The van der Waals surface area contributed by atoms with Crippen LogP contribution < -0.4 is 0 Å². The third-order valence-electron chi connectivity index (χ3n) is 5.06. The van der Waals surface area contributed by atoms with E-state index in [1.54, 1.807) is 29.2 Å². The SMILES string of the molecule is CN(C)CCN1C(=O)C(O)=C(C(=O)CCc2ccccc2)C1c1ccc(Cl)cc1. The molecule has 3 rings (SSSR count). The fourth-order valence-electron chi connectivity index (χ4n) is 3.51. The molecular weight excluding hydrogens is 388 g/mol. The molecule has 0 saturated heterocycles. The lowest BCUT2D eigenvalue weighted by atomic mass is 9.93. The first-order valence-electron chi connectivity index (χ1n) is 9.60. The second kappa shape index (κ2) is 9.25. The summed E-state index contributed by atoms with van der Waals surface area (Å²) in [4.78, 5) is 29.4. The number of aryl methyl sites for hydroxylation is 1. The first-order chi connectivity index (χ1) is 13.9. The first kappa shape index (κ1) is 21.1. The lowest BCUT2D eigenvalue weighted by Crippen LogP contribution is -2.36. The summed E-state index contributed by atoms with van der Waals surface area (Å²) in [6.45, 7) is 1.02. The van der Waals surface area contributed by atoms with Gasteiger partial charge < -0.3 is 14.9 Å². The highest BCUT2D eigenvalue weighted by molar-refractivity contribution is 6.30. The number of Topliss-reactive ketones (excluding diaryl/α,β-unsaturated/α-hetero) is 1. The maximum Gasteiger partial charge on any atom is 0.290 e. The summed E-state index contributed by atoms with van der Waals surface area (Å²) in [5.74, 6) is -1.16. The second-order valence-electron chi connectivity index (χ2n) is 7.43. The second-order valence-corrected chi connectivity index (χ2v) is 7.86. The molecule has 2 aromatic rings. The summed E-state index contributed by atoms with van der Waals surface area (Å²) >= 11 is 6.02. The summed E-state index contributed by atoms with van der Waals surface area (Å²) in [5, 5.41) is 11.1. The van der Waals surface area contributed by atoms with Gasteiger partial charge in [0.1, 0.15) is 0 Å². The molecule has 0 bridgehead atoms. The highest BCUT2D eigenvalue weighted by atomic mass is 35.5. The molecule has 1 aliphatic rings. The van der Waals surface area contributed by atoms with E-state index in [1.807, 2.05) is 49.3 Å². The van der Waals surface area contributed by atoms with Crippen molar-refractivity contribution in [1.29, 1.82) is 0 Å². The van der Waals surface area contributed by atoms with Crippen molar-refractivity contribution in [3.05, 3.63) is 82.1 Å². The van der Waals surface area contributed by atoms with Crippen LogP contribution in [0.4, 0.5) is 0 Å². The zero-order valence-electron chi connectivity index (χ0n) is 16.6. The quantitative estimate of drug-likeness (QED) is 0.716. The third kappa shape index (κ3) is 4.86. The Morgan fingerprint density at radius 2 is 1.76 bits per heavy atom. The Bertz CT molecular complexity index is 907. The van der Waals surface area contributed by atoms with Crippen LogP contribution in [0.3, 0.4) is 0 Å². The minimum Gasteiger partial charge on any atom is -0.503 e. The van der Waals surface area contributed by atoms with Crippen molar-refractivity contribution in [2.75, 3.05) is 27.2 Å². The number of hydrogen-bond acceptors (Lipinski definition) is 4. The molecule has 5 nitrogen and oxygen atoms in total. The minimum atomic E-state index is -0.608. The van der Waals surface area contributed by atoms with Crippen molar-refractivity contribution in [3.8, 4) is 0 Å². The first-order valence-corrected chi connectivity index (χ1v) is 9.97. The summed E-state index contributed by atoms with van der Waals surface area (Å²) in [6, 6.07) is 16.1. The van der Waals surface area contributed by atoms with Gasteiger partial charge >= 0.3 is 0 Å². The van der Waals surface area contributed by atoms with Crippen LogP contribution >= 0.6 is 11.6 Å². The summed E-state index contributed by atoms with van der Waals surface area (Å²) in [6.07, 6.45) is 0.776. The topological polar surface area (TPSA) is 60.9 Å². The molecule has 2 aromatic carbocycles. The van der Waals surface area contributed by atoms with E-state index in [-0.39, 0.29) is 17.8 Å². The van der Waals surface area contributed by atoms with E-state index in [2.05, 4.69) is 0 Å². The fourth-order valence-corrected chi connectivity index (χ4v) is 3.63. The minimum absolute atomic E-state index is 0.173. The standard InChI is InChI=1S/C23H25ClN2O3/c1-25(2)14-15-26-21(17-9-11-18(24)12-10-17)20(22(28)23(26)29)19(27)13-8-16-6-4-3-5-7-16/h3-7,9-12,21,28H,8,13-15H2,1-2H3. The predicted octanol–water partition coefficient (Wildman–Crippen LogP) is 3.80. The Morgan fingerprint density at radius 1 is 1.10 bits per heavy atom. The molecule has 1 unspecified atom stereocenters. The van der Waals surface area contributed by atoms with Crippen molar-refractivity contribution in [2.45, 2.75) is 18.9 Å². The van der Waals surface area contributed by atoms with Gasteiger partial charge in [-0.1, -0.05) is 54.1 Å². The van der Waals surface area contributed by atoms with E-state index in [1.165, 1.54) is 0 Å². The van der Waals surface area contributed by atoms with Crippen molar-refractivity contribution in [2.24, 2.45) is 0 Å². The zero-order chi connectivity index (χ0) is 21.0. The van der Waals surface area contributed by atoms with E-state index in [0.717, 1.165) is 11.1 Å². The number of halogens is 1. The van der Waals surface area contributed by atoms with Gasteiger partial charge in [-0.05, 0) is 43.8 Å². The number of rotatable bonds is 8. The van der Waals surface area contributed by atoms with Crippen molar-refractivity contribution in [1.82, 2.24) is 9.80 Å². The molecule has 0 saturated carbocycles. The number of aliphatic hydroxyl groups excluding tert-OH is 1. The summed E-state index contributed by atoms with van der Waals surface area (Å²) in [5.41, 5.74) is 1.97. The van der Waals surface area contributed by atoms with Crippen LogP contribution in [0.25, 0.3) is 0 Å². The molecule has 1 N–H and O–H groups in total. The van der Waals surface area contributed by atoms with Crippen molar-refractivity contribution in [3.63, 3.8) is 0 Å². The van der Waals surface area contributed by atoms with Crippen LogP contribution in [0.5, 0.6) is 0 Å². The number of carbonyl (C=O) groups is 2. The molecule has 1 aliphatic heterocycles. The molecule has 152 valence electrons. The van der Waals surface area contributed by atoms with Crippen LogP contribution in [0.2, 0.25) is 5.02 Å². The number of nitrogens with zero attached hydrogens (tertiary/aromatic N) is 2. The van der Waals surface area contributed by atoms with Crippen LogP contribution in [-0.4, -0.2) is 53.8 Å². The van der Waals surface area contributed by atoms with E-state index >= 15 is 0 Å². The van der Waals surface area contributed by atoms with Gasteiger partial charge in [-0.15, -0.1) is 0 Å². The van der Waals surface area contributed by atoms with Crippen LogP contribution in [-0.2, 0) is 16.0 Å². The smallest absolute Gasteiger partial charge is 0.290 e. The van der Waals surface area contributed by atoms with Crippen LogP contribution in [0, 0.1) is 0 Å². The Balaban J connectivity index is 1.89. The molecule has 1 amide bonds. The van der Waals surface area contributed by atoms with E-state index in [4.69, 9.17) is 11.6 Å². The van der Waals surface area contributed by atoms with E-state index in [0.29, 0.717) is 24.5 Å². The number of amides is 1. The van der Waals surface area contributed by atoms with E-state index < -0.39 is 17.7 Å². The monoisotopic (exact) mass is 412 g/mol. The molecule has 1 atom stereocenters. The Morgan fingerprint density at radius 3 is 2.38 bits per heavy atom.